The van der Waals surface area contributed by atoms with E-state index in [1.165, 1.54) is 32.8 Å². The van der Waals surface area contributed by atoms with Crippen LogP contribution in [0.2, 0.25) is 0 Å². The molecule has 67 heavy (non-hydrogen) atoms. The highest BCUT2D eigenvalue weighted by molar-refractivity contribution is 5.88. The van der Waals surface area contributed by atoms with E-state index in [0.717, 1.165) is 57.8 Å². The largest absolute Gasteiger partial charge is 0.466 e. The summed E-state index contributed by atoms with van der Waals surface area (Å²) in [7, 11) is 1.33. The highest BCUT2D eigenvalue weighted by Crippen LogP contribution is 2.08. The molecule has 0 aliphatic rings. The number of methoxy groups -OCH3 is 1. The average Bonchev–Trinajstić information content (AvgIpc) is 3.26. The van der Waals surface area contributed by atoms with E-state index in [0.29, 0.717) is 77.6 Å². The van der Waals surface area contributed by atoms with Crippen molar-refractivity contribution in [2.45, 2.75) is 193 Å². The summed E-state index contributed by atoms with van der Waals surface area (Å²) in [5.41, 5.74) is 2.79. The van der Waals surface area contributed by atoms with Crippen molar-refractivity contribution < 1.29 is 57.2 Å². The molecule has 0 aliphatic heterocycles. The Hall–Kier alpha value is -4.74. The minimum Gasteiger partial charge on any atom is -0.466 e. The number of hydrogen-bond acceptors (Lipinski definition) is 12. The Morgan fingerprint density at radius 3 is 1.01 bits per heavy atom. The molecule has 0 aromatic heterocycles. The minimum absolute atomic E-state index is 0.0548. The number of carbonyl (C=O) groups is 6. The van der Waals surface area contributed by atoms with E-state index in [4.69, 9.17) is 23.7 Å². The van der Waals surface area contributed by atoms with Gasteiger partial charge in [-0.2, -0.15) is 0 Å². The predicted octanol–water partition coefficient (Wildman–Crippen LogP) is 13.7. The summed E-state index contributed by atoms with van der Waals surface area (Å²) < 4.78 is 29.0. The molecule has 1 unspecified atom stereocenters. The van der Waals surface area contributed by atoms with Gasteiger partial charge < -0.3 is 28.4 Å². The third-order valence-electron chi connectivity index (χ3n) is 8.82. The van der Waals surface area contributed by atoms with Crippen LogP contribution < -0.4 is 0 Å². The molecule has 0 aromatic carbocycles. The van der Waals surface area contributed by atoms with Gasteiger partial charge >= 0.3 is 35.8 Å². The van der Waals surface area contributed by atoms with Crippen LogP contribution in [0.15, 0.2) is 72.9 Å². The Morgan fingerprint density at radius 2 is 0.716 bits per heavy atom. The monoisotopic (exact) mass is 951 g/mol. The summed E-state index contributed by atoms with van der Waals surface area (Å²) in [4.78, 5) is 64.7. The van der Waals surface area contributed by atoms with Gasteiger partial charge in [-0.3, -0.25) is 0 Å². The zero-order chi connectivity index (χ0) is 53.5. The molecule has 0 aromatic rings. The first-order valence-corrected chi connectivity index (χ1v) is 24.0. The molecule has 0 aliphatic carbocycles. The van der Waals surface area contributed by atoms with Crippen LogP contribution in [0.5, 0.6) is 0 Å². The fourth-order valence-corrected chi connectivity index (χ4v) is 4.02. The Kier molecular flexibility index (Phi) is 55.8. The Balaban J connectivity index is -0.000000168. The molecular formula is C55H98O12. The zero-order valence-electron chi connectivity index (χ0n) is 45.5. The van der Waals surface area contributed by atoms with Gasteiger partial charge in [-0.15, -0.1) is 0 Å². The molecule has 0 rings (SSSR count). The van der Waals surface area contributed by atoms with Crippen molar-refractivity contribution in [3.63, 3.8) is 0 Å². The summed E-state index contributed by atoms with van der Waals surface area (Å²) in [5, 5.41) is 0. The third-order valence-corrected chi connectivity index (χ3v) is 8.82. The number of esters is 6. The van der Waals surface area contributed by atoms with Crippen molar-refractivity contribution >= 4 is 35.8 Å². The van der Waals surface area contributed by atoms with Gasteiger partial charge in [-0.25, -0.2) is 28.8 Å². The van der Waals surface area contributed by atoms with Gasteiger partial charge in [0.05, 0.1) is 33.5 Å². The van der Waals surface area contributed by atoms with Gasteiger partial charge in [0.2, 0.25) is 0 Å². The number of hydrogen-bond donors (Lipinski definition) is 0. The van der Waals surface area contributed by atoms with Crippen molar-refractivity contribution in [1.29, 1.82) is 0 Å². The van der Waals surface area contributed by atoms with E-state index in [1.807, 2.05) is 13.8 Å². The lowest BCUT2D eigenvalue weighted by atomic mass is 10.1. The highest BCUT2D eigenvalue weighted by Gasteiger charge is 2.10. The second-order valence-electron chi connectivity index (χ2n) is 17.3. The van der Waals surface area contributed by atoms with Gasteiger partial charge in [0.25, 0.3) is 0 Å². The second-order valence-corrected chi connectivity index (χ2v) is 17.3. The van der Waals surface area contributed by atoms with Gasteiger partial charge in [0.1, 0.15) is 6.10 Å². The number of unbranched alkanes of at least 4 members (excludes halogenated alkanes) is 5. The van der Waals surface area contributed by atoms with Gasteiger partial charge in [0.15, 0.2) is 0 Å². The molecule has 0 heterocycles. The van der Waals surface area contributed by atoms with Gasteiger partial charge in [0, 0.05) is 33.4 Å². The van der Waals surface area contributed by atoms with Crippen LogP contribution in [0.1, 0.15) is 187 Å². The SMILES string of the molecule is C=C(C)C(=O)OC.C=C(C)C(=O)OC(CC)CC.C=C(C)C(=O)OCCC(C)C.C=C(C)C(=O)OCCC(C)CC.C=C(C)C(=O)OCCCC(C)C.C=C(C)C(=O)OCCCCCCCC. The predicted molar refractivity (Wildman–Crippen MR) is 276 cm³/mol. The molecule has 0 N–H and O–H groups in total. The summed E-state index contributed by atoms with van der Waals surface area (Å²) in [6, 6.07) is 0. The molecule has 390 valence electrons. The maximum absolute atomic E-state index is 11.0. The topological polar surface area (TPSA) is 158 Å². The van der Waals surface area contributed by atoms with Crippen molar-refractivity contribution in [1.82, 2.24) is 0 Å². The molecule has 12 nitrogen and oxygen atoms in total. The molecule has 0 saturated heterocycles. The lowest BCUT2D eigenvalue weighted by Crippen LogP contribution is -2.16. The van der Waals surface area contributed by atoms with Crippen molar-refractivity contribution in [3.05, 3.63) is 72.9 Å². The molecule has 0 amide bonds. The van der Waals surface area contributed by atoms with Crippen LogP contribution in [0.3, 0.4) is 0 Å². The smallest absolute Gasteiger partial charge is 0.333 e. The fourth-order valence-electron chi connectivity index (χ4n) is 4.02. The zero-order valence-corrected chi connectivity index (χ0v) is 45.5. The lowest BCUT2D eigenvalue weighted by molar-refractivity contribution is -0.144. The number of carbonyl (C=O) groups excluding carboxylic acids is 6. The van der Waals surface area contributed by atoms with Crippen LogP contribution >= 0.6 is 0 Å². The molecule has 0 radical (unpaired) electrons. The van der Waals surface area contributed by atoms with E-state index in [9.17, 15) is 28.8 Å². The lowest BCUT2D eigenvalue weighted by Gasteiger charge is -2.13. The Bertz CT molecular complexity index is 1430. The van der Waals surface area contributed by atoms with E-state index >= 15 is 0 Å². The summed E-state index contributed by atoms with van der Waals surface area (Å²) >= 11 is 0. The van der Waals surface area contributed by atoms with Gasteiger partial charge in [-0.05, 0) is 104 Å². The third kappa shape index (κ3) is 61.3. The van der Waals surface area contributed by atoms with Crippen molar-refractivity contribution in [2.75, 3.05) is 33.5 Å². The first kappa shape index (κ1) is 73.8. The molecule has 0 saturated carbocycles. The number of ether oxygens (including phenoxy) is 6. The first-order valence-electron chi connectivity index (χ1n) is 24.0. The quantitative estimate of drug-likeness (QED) is 0.0333. The standard InChI is InChI=1S/C12H22O2.2C10H18O2.2C9H16O2.C5H8O2/c1-4-5-6-7-8-9-10-14-12(13)11(2)3;1-8(2)6-5-7-12-10(11)9(3)4;1-5-9(4)6-7-12-10(11)8(2)3;1-7(2)5-6-11-9(10)8(3)4;1-5-8(6-2)11-9(10)7(3)4;1-4(2)5(6)7-3/h2,4-10H2,1,3H3;8H,3,5-7H2,1-2,4H3;9H,2,5-7H2,1,3-4H3;7H,3,5-6H2,1-2,4H3;8H,3,5-6H2,1-2,4H3;1H2,2-3H3. The maximum Gasteiger partial charge on any atom is 0.333 e. The van der Waals surface area contributed by atoms with Crippen LogP contribution in [-0.4, -0.2) is 75.5 Å². The number of rotatable bonds is 27. The van der Waals surface area contributed by atoms with Crippen LogP contribution in [-0.2, 0) is 57.2 Å². The Morgan fingerprint density at radius 1 is 0.388 bits per heavy atom. The van der Waals surface area contributed by atoms with Crippen molar-refractivity contribution in [2.24, 2.45) is 17.8 Å². The van der Waals surface area contributed by atoms with Crippen LogP contribution in [0, 0.1) is 17.8 Å². The molecule has 0 bridgehead atoms. The molecule has 0 fully saturated rings. The molecule has 1 atom stereocenters. The van der Waals surface area contributed by atoms with E-state index < -0.39 is 0 Å². The minimum atomic E-state index is -0.347. The van der Waals surface area contributed by atoms with Crippen LogP contribution in [0.25, 0.3) is 0 Å². The van der Waals surface area contributed by atoms with E-state index in [2.05, 4.69) is 92.7 Å². The molecular weight excluding hydrogens is 853 g/mol. The summed E-state index contributed by atoms with van der Waals surface area (Å²) in [5.74, 6) is 0.143. The first-order chi connectivity index (χ1) is 31.1. The van der Waals surface area contributed by atoms with E-state index in [1.54, 1.807) is 41.5 Å². The normalized spacial score (nSPS) is 10.1. The summed E-state index contributed by atoms with van der Waals surface area (Å²) in [6.45, 7) is 51.8. The van der Waals surface area contributed by atoms with Crippen molar-refractivity contribution in [3.8, 4) is 0 Å². The Labute approximate surface area is 409 Å². The second kappa shape index (κ2) is 50.7. The maximum atomic E-state index is 11.0. The average molecular weight is 951 g/mol. The van der Waals surface area contributed by atoms with Crippen LogP contribution in [0.4, 0.5) is 0 Å². The fraction of sp³-hybridized carbons (Fsp3) is 0.673. The summed E-state index contributed by atoms with van der Waals surface area (Å²) in [6.07, 6.45) is 14.1. The van der Waals surface area contributed by atoms with E-state index in [-0.39, 0.29) is 41.9 Å². The molecule has 0 spiro atoms. The highest BCUT2D eigenvalue weighted by atomic mass is 16.6. The van der Waals surface area contributed by atoms with Gasteiger partial charge in [-0.1, -0.05) is 140 Å². The molecule has 12 heteroatoms.